The van der Waals surface area contributed by atoms with Crippen molar-refractivity contribution in [3.05, 3.63) is 23.8 Å². The Morgan fingerprint density at radius 3 is 2.75 bits per heavy atom. The molecule has 1 aromatic carbocycles. The van der Waals surface area contributed by atoms with Crippen molar-refractivity contribution in [1.29, 1.82) is 0 Å². The minimum Gasteiger partial charge on any atom is -0.493 e. The molecule has 0 aromatic heterocycles. The summed E-state index contributed by atoms with van der Waals surface area (Å²) in [6.45, 7) is 1.30. The van der Waals surface area contributed by atoms with E-state index in [2.05, 4.69) is 0 Å². The van der Waals surface area contributed by atoms with Crippen LogP contribution in [0, 0.1) is 0 Å². The lowest BCUT2D eigenvalue weighted by Crippen LogP contribution is -2.20. The average Bonchev–Trinajstić information content (AvgIpc) is 3.12. The minimum atomic E-state index is -0.766. The molecule has 0 amide bonds. The number of carbonyl (C=O) groups is 1. The minimum absolute atomic E-state index is 0.0455. The number of methoxy groups -OCH3 is 1. The summed E-state index contributed by atoms with van der Waals surface area (Å²) in [6.07, 6.45) is 2.28. The molecular formula is C15H18O5. The highest BCUT2D eigenvalue weighted by Crippen LogP contribution is 2.50. The Balaban J connectivity index is 1.84. The molecule has 1 unspecified atom stereocenters. The van der Waals surface area contributed by atoms with E-state index in [9.17, 15) is 9.90 Å². The van der Waals surface area contributed by atoms with Crippen LogP contribution in [0.4, 0.5) is 0 Å². The predicted molar refractivity (Wildman–Crippen MR) is 71.4 cm³/mol. The second-order valence-corrected chi connectivity index (χ2v) is 5.36. The molecule has 5 nitrogen and oxygen atoms in total. The lowest BCUT2D eigenvalue weighted by atomic mass is 9.96. The Hall–Kier alpha value is -1.75. The van der Waals surface area contributed by atoms with Crippen LogP contribution >= 0.6 is 0 Å². The van der Waals surface area contributed by atoms with Crippen molar-refractivity contribution in [3.8, 4) is 11.5 Å². The maximum Gasteiger partial charge on any atom is 0.314 e. The lowest BCUT2D eigenvalue weighted by Gasteiger charge is -2.17. The van der Waals surface area contributed by atoms with Gasteiger partial charge >= 0.3 is 5.97 Å². The molecule has 1 atom stereocenters. The van der Waals surface area contributed by atoms with Gasteiger partial charge in [0.25, 0.3) is 0 Å². The maximum absolute atomic E-state index is 11.4. The van der Waals surface area contributed by atoms with Crippen molar-refractivity contribution in [2.75, 3.05) is 20.3 Å². The third kappa shape index (κ3) is 2.22. The molecular weight excluding hydrogens is 260 g/mol. The van der Waals surface area contributed by atoms with Crippen LogP contribution in [-0.2, 0) is 14.9 Å². The summed E-state index contributed by atoms with van der Waals surface area (Å²) in [5, 5.41) is 9.33. The third-order valence-electron chi connectivity index (χ3n) is 4.06. The van der Waals surface area contributed by atoms with Crippen molar-refractivity contribution >= 4 is 5.97 Å². The SMILES string of the molecule is COc1cc(C2(C(=O)O)CC2)ccc1OC1CCOC1. The first-order chi connectivity index (χ1) is 9.65. The molecule has 3 rings (SSSR count). The van der Waals surface area contributed by atoms with Crippen LogP contribution in [0.2, 0.25) is 0 Å². The van der Waals surface area contributed by atoms with Gasteiger partial charge in [-0.05, 0) is 30.5 Å². The highest BCUT2D eigenvalue weighted by Gasteiger charge is 2.52. The summed E-state index contributed by atoms with van der Waals surface area (Å²) in [5.41, 5.74) is 0.0688. The lowest BCUT2D eigenvalue weighted by molar-refractivity contribution is -0.140. The van der Waals surface area contributed by atoms with Crippen LogP contribution in [-0.4, -0.2) is 37.5 Å². The fourth-order valence-corrected chi connectivity index (χ4v) is 2.60. The van der Waals surface area contributed by atoms with Crippen LogP contribution in [0.3, 0.4) is 0 Å². The first-order valence-corrected chi connectivity index (χ1v) is 6.82. The van der Waals surface area contributed by atoms with E-state index in [0.717, 1.165) is 12.0 Å². The first-order valence-electron chi connectivity index (χ1n) is 6.82. The van der Waals surface area contributed by atoms with Crippen LogP contribution < -0.4 is 9.47 Å². The number of aliphatic carboxylic acids is 1. The number of rotatable bonds is 5. The number of carboxylic acid groups (broad SMARTS) is 1. The Bertz CT molecular complexity index is 515. The third-order valence-corrected chi connectivity index (χ3v) is 4.06. The molecule has 108 valence electrons. The Kier molecular flexibility index (Phi) is 3.30. The van der Waals surface area contributed by atoms with E-state index in [-0.39, 0.29) is 6.10 Å². The van der Waals surface area contributed by atoms with Gasteiger partial charge in [-0.15, -0.1) is 0 Å². The Morgan fingerprint density at radius 2 is 2.20 bits per heavy atom. The normalized spacial score (nSPS) is 23.4. The molecule has 1 aromatic rings. The summed E-state index contributed by atoms with van der Waals surface area (Å²) < 4.78 is 16.5. The average molecular weight is 278 g/mol. The summed E-state index contributed by atoms with van der Waals surface area (Å²) in [6, 6.07) is 5.41. The highest BCUT2D eigenvalue weighted by molar-refractivity contribution is 5.85. The van der Waals surface area contributed by atoms with Gasteiger partial charge in [0.1, 0.15) is 6.10 Å². The molecule has 2 aliphatic rings. The van der Waals surface area contributed by atoms with E-state index in [4.69, 9.17) is 14.2 Å². The van der Waals surface area contributed by atoms with Crippen molar-refractivity contribution in [2.24, 2.45) is 0 Å². The highest BCUT2D eigenvalue weighted by atomic mass is 16.6. The topological polar surface area (TPSA) is 65.0 Å². The second kappa shape index (κ2) is 4.98. The van der Waals surface area contributed by atoms with Gasteiger partial charge in [-0.25, -0.2) is 0 Å². The number of ether oxygens (including phenoxy) is 3. The van der Waals surface area contributed by atoms with Crippen molar-refractivity contribution in [3.63, 3.8) is 0 Å². The monoisotopic (exact) mass is 278 g/mol. The molecule has 2 fully saturated rings. The maximum atomic E-state index is 11.4. The molecule has 1 saturated carbocycles. The van der Waals surface area contributed by atoms with Gasteiger partial charge in [0, 0.05) is 6.42 Å². The molecule has 0 radical (unpaired) electrons. The van der Waals surface area contributed by atoms with Crippen LogP contribution in [0.1, 0.15) is 24.8 Å². The standard InChI is InChI=1S/C15H18O5/c1-18-13-8-10(15(5-6-15)14(16)17)2-3-12(13)20-11-4-7-19-9-11/h2-3,8,11H,4-7,9H2,1H3,(H,16,17). The van der Waals surface area contributed by atoms with E-state index in [1.54, 1.807) is 19.2 Å². The van der Waals surface area contributed by atoms with Crippen molar-refractivity contribution in [1.82, 2.24) is 0 Å². The van der Waals surface area contributed by atoms with E-state index < -0.39 is 11.4 Å². The molecule has 20 heavy (non-hydrogen) atoms. The first kappa shape index (κ1) is 13.2. The zero-order valence-corrected chi connectivity index (χ0v) is 11.4. The quantitative estimate of drug-likeness (QED) is 0.892. The van der Waals surface area contributed by atoms with Gasteiger partial charge in [-0.3, -0.25) is 4.79 Å². The summed E-state index contributed by atoms with van der Waals surface area (Å²) in [4.78, 5) is 11.4. The number of hydrogen-bond acceptors (Lipinski definition) is 4. The Morgan fingerprint density at radius 1 is 1.40 bits per heavy atom. The van der Waals surface area contributed by atoms with Crippen molar-refractivity contribution < 1.29 is 24.1 Å². The summed E-state index contributed by atoms with van der Waals surface area (Å²) in [7, 11) is 1.57. The van der Waals surface area contributed by atoms with Gasteiger partial charge in [0.15, 0.2) is 11.5 Å². The molecule has 1 aliphatic heterocycles. The number of benzene rings is 1. The fraction of sp³-hybridized carbons (Fsp3) is 0.533. The zero-order chi connectivity index (χ0) is 14.2. The van der Waals surface area contributed by atoms with Crippen molar-refractivity contribution in [2.45, 2.75) is 30.8 Å². The van der Waals surface area contributed by atoms with Gasteiger partial charge in [-0.2, -0.15) is 0 Å². The fourth-order valence-electron chi connectivity index (χ4n) is 2.60. The molecule has 1 heterocycles. The number of hydrogen-bond donors (Lipinski definition) is 1. The van der Waals surface area contributed by atoms with E-state index in [1.807, 2.05) is 6.07 Å². The van der Waals surface area contributed by atoms with Crippen LogP contribution in [0.5, 0.6) is 11.5 Å². The zero-order valence-electron chi connectivity index (χ0n) is 11.4. The molecule has 0 bridgehead atoms. The second-order valence-electron chi connectivity index (χ2n) is 5.36. The van der Waals surface area contributed by atoms with E-state index in [0.29, 0.717) is 37.6 Å². The largest absolute Gasteiger partial charge is 0.493 e. The molecule has 1 aliphatic carbocycles. The van der Waals surface area contributed by atoms with E-state index in [1.165, 1.54) is 0 Å². The summed E-state index contributed by atoms with van der Waals surface area (Å²) in [5.74, 6) is 0.465. The van der Waals surface area contributed by atoms with Gasteiger partial charge in [0.2, 0.25) is 0 Å². The van der Waals surface area contributed by atoms with Gasteiger partial charge in [0.05, 0.1) is 25.7 Å². The molecule has 5 heteroatoms. The number of carboxylic acids is 1. The van der Waals surface area contributed by atoms with Gasteiger partial charge < -0.3 is 19.3 Å². The molecule has 1 N–H and O–H groups in total. The predicted octanol–water partition coefficient (Wildman–Crippen LogP) is 1.98. The van der Waals surface area contributed by atoms with Crippen LogP contribution in [0.25, 0.3) is 0 Å². The Labute approximate surface area is 117 Å². The smallest absolute Gasteiger partial charge is 0.314 e. The summed E-state index contributed by atoms with van der Waals surface area (Å²) >= 11 is 0. The van der Waals surface area contributed by atoms with Gasteiger partial charge in [-0.1, -0.05) is 6.07 Å². The van der Waals surface area contributed by atoms with E-state index >= 15 is 0 Å². The molecule has 1 saturated heterocycles. The van der Waals surface area contributed by atoms with Crippen LogP contribution in [0.15, 0.2) is 18.2 Å². The molecule has 0 spiro atoms.